The Morgan fingerprint density at radius 3 is 2.95 bits per heavy atom. The fourth-order valence-electron chi connectivity index (χ4n) is 1.96. The molecule has 2 aromatic heterocycles. The lowest BCUT2D eigenvalue weighted by atomic mass is 10.2. The smallest absolute Gasteiger partial charge is 0.251 e. The second-order valence-corrected chi connectivity index (χ2v) is 4.62. The molecule has 0 aliphatic heterocycles. The number of fused-ring (bicyclic) bond motifs is 1. The number of aromatic nitrogens is 3. The Bertz CT molecular complexity index is 746. The van der Waals surface area contributed by atoms with Crippen LogP contribution in [0.3, 0.4) is 0 Å². The summed E-state index contributed by atoms with van der Waals surface area (Å²) >= 11 is 0. The minimum atomic E-state index is -0.109. The lowest BCUT2D eigenvalue weighted by molar-refractivity contribution is 0.0951. The molecule has 0 fully saturated rings. The Hall–Kier alpha value is -2.69. The zero-order valence-electron chi connectivity index (χ0n) is 11.1. The van der Waals surface area contributed by atoms with Crippen molar-refractivity contribution in [2.24, 2.45) is 0 Å². The lowest BCUT2D eigenvalue weighted by Gasteiger charge is -2.05. The number of nitrogens with zero attached hydrogens (tertiary/aromatic N) is 2. The predicted octanol–water partition coefficient (Wildman–Crippen LogP) is 2.20. The van der Waals surface area contributed by atoms with Crippen molar-refractivity contribution in [3.8, 4) is 0 Å². The van der Waals surface area contributed by atoms with Crippen molar-refractivity contribution in [1.29, 1.82) is 0 Å². The summed E-state index contributed by atoms with van der Waals surface area (Å²) in [6, 6.07) is 9.28. The first-order valence-electron chi connectivity index (χ1n) is 6.35. The first-order chi connectivity index (χ1) is 9.72. The number of amides is 1. The summed E-state index contributed by atoms with van der Waals surface area (Å²) in [6.07, 6.45) is 3.39. The molecule has 3 aromatic rings. The summed E-state index contributed by atoms with van der Waals surface area (Å²) < 4.78 is 0. The van der Waals surface area contributed by atoms with Crippen molar-refractivity contribution >= 4 is 16.9 Å². The number of rotatable bonds is 3. The SMILES string of the molecule is Cc1ccc(CNC(=O)c2ccc3nc[nH]c3c2)cn1. The van der Waals surface area contributed by atoms with Gasteiger partial charge in [0.25, 0.3) is 5.91 Å². The van der Waals surface area contributed by atoms with Gasteiger partial charge in [-0.25, -0.2) is 4.98 Å². The van der Waals surface area contributed by atoms with E-state index >= 15 is 0 Å². The molecule has 0 aliphatic rings. The Morgan fingerprint density at radius 2 is 2.15 bits per heavy atom. The first kappa shape index (κ1) is 12.3. The van der Waals surface area contributed by atoms with E-state index < -0.39 is 0 Å². The minimum Gasteiger partial charge on any atom is -0.348 e. The Kier molecular flexibility index (Phi) is 3.16. The number of hydrogen-bond acceptors (Lipinski definition) is 3. The zero-order chi connectivity index (χ0) is 13.9. The Labute approximate surface area is 116 Å². The van der Waals surface area contributed by atoms with E-state index in [4.69, 9.17) is 0 Å². The van der Waals surface area contributed by atoms with E-state index in [1.807, 2.05) is 25.1 Å². The van der Waals surface area contributed by atoms with Gasteiger partial charge in [0, 0.05) is 24.0 Å². The van der Waals surface area contributed by atoms with Crippen LogP contribution < -0.4 is 5.32 Å². The van der Waals surface area contributed by atoms with E-state index in [1.54, 1.807) is 24.7 Å². The molecule has 5 heteroatoms. The largest absolute Gasteiger partial charge is 0.348 e. The fraction of sp³-hybridized carbons (Fsp3) is 0.133. The van der Waals surface area contributed by atoms with Crippen LogP contribution in [-0.4, -0.2) is 20.9 Å². The standard InChI is InChI=1S/C15H14N4O/c1-10-2-3-11(7-16-10)8-17-15(20)12-4-5-13-14(6-12)19-9-18-13/h2-7,9H,8H2,1H3,(H,17,20)(H,18,19). The van der Waals surface area contributed by atoms with Gasteiger partial charge in [0.2, 0.25) is 0 Å². The molecule has 100 valence electrons. The molecule has 3 rings (SSSR count). The molecular weight excluding hydrogens is 252 g/mol. The summed E-state index contributed by atoms with van der Waals surface area (Å²) in [4.78, 5) is 23.4. The molecule has 5 nitrogen and oxygen atoms in total. The summed E-state index contributed by atoms with van der Waals surface area (Å²) in [5, 5.41) is 2.88. The number of pyridine rings is 1. The van der Waals surface area contributed by atoms with Crippen LogP contribution in [0.1, 0.15) is 21.6 Å². The molecule has 0 saturated heterocycles. The molecule has 0 bridgehead atoms. The molecule has 0 atom stereocenters. The third-order valence-electron chi connectivity index (χ3n) is 3.11. The number of carbonyl (C=O) groups excluding carboxylic acids is 1. The van der Waals surface area contributed by atoms with Gasteiger partial charge >= 0.3 is 0 Å². The van der Waals surface area contributed by atoms with E-state index in [0.717, 1.165) is 22.3 Å². The monoisotopic (exact) mass is 266 g/mol. The topological polar surface area (TPSA) is 70.7 Å². The lowest BCUT2D eigenvalue weighted by Crippen LogP contribution is -2.22. The normalized spacial score (nSPS) is 10.7. The Balaban J connectivity index is 1.70. The van der Waals surface area contributed by atoms with Gasteiger partial charge < -0.3 is 10.3 Å². The molecule has 0 spiro atoms. The molecule has 0 radical (unpaired) electrons. The van der Waals surface area contributed by atoms with Crippen LogP contribution in [0.2, 0.25) is 0 Å². The third kappa shape index (κ3) is 2.51. The maximum Gasteiger partial charge on any atom is 0.251 e. The van der Waals surface area contributed by atoms with Crippen LogP contribution in [0, 0.1) is 6.92 Å². The van der Waals surface area contributed by atoms with Gasteiger partial charge in [-0.1, -0.05) is 6.07 Å². The highest BCUT2D eigenvalue weighted by Gasteiger charge is 2.07. The van der Waals surface area contributed by atoms with Crippen molar-refractivity contribution < 1.29 is 4.79 Å². The predicted molar refractivity (Wildman–Crippen MR) is 76.2 cm³/mol. The number of benzene rings is 1. The highest BCUT2D eigenvalue weighted by atomic mass is 16.1. The van der Waals surface area contributed by atoms with Crippen LogP contribution in [-0.2, 0) is 6.54 Å². The highest BCUT2D eigenvalue weighted by Crippen LogP contribution is 2.11. The fourth-order valence-corrected chi connectivity index (χ4v) is 1.96. The maximum absolute atomic E-state index is 12.1. The van der Waals surface area contributed by atoms with Gasteiger partial charge in [0.15, 0.2) is 0 Å². The molecule has 0 unspecified atom stereocenters. The van der Waals surface area contributed by atoms with Crippen LogP contribution in [0.15, 0.2) is 42.9 Å². The number of carbonyl (C=O) groups is 1. The molecule has 1 amide bonds. The van der Waals surface area contributed by atoms with E-state index in [0.29, 0.717) is 12.1 Å². The molecule has 2 heterocycles. The van der Waals surface area contributed by atoms with Gasteiger partial charge in [-0.05, 0) is 36.8 Å². The number of hydrogen-bond donors (Lipinski definition) is 2. The number of nitrogens with one attached hydrogen (secondary N) is 2. The molecule has 1 aromatic carbocycles. The van der Waals surface area contributed by atoms with E-state index in [-0.39, 0.29) is 5.91 Å². The van der Waals surface area contributed by atoms with Crippen molar-refractivity contribution in [2.75, 3.05) is 0 Å². The van der Waals surface area contributed by atoms with E-state index in [9.17, 15) is 4.79 Å². The van der Waals surface area contributed by atoms with Gasteiger partial charge in [-0.2, -0.15) is 0 Å². The van der Waals surface area contributed by atoms with Gasteiger partial charge in [-0.3, -0.25) is 9.78 Å². The average molecular weight is 266 g/mol. The van der Waals surface area contributed by atoms with Gasteiger partial charge in [-0.15, -0.1) is 0 Å². The van der Waals surface area contributed by atoms with Gasteiger partial charge in [0.1, 0.15) is 0 Å². The molecule has 2 N–H and O–H groups in total. The molecule has 0 aliphatic carbocycles. The van der Waals surface area contributed by atoms with Crippen molar-refractivity contribution in [1.82, 2.24) is 20.3 Å². The van der Waals surface area contributed by atoms with Crippen molar-refractivity contribution in [3.63, 3.8) is 0 Å². The second kappa shape index (κ2) is 5.13. The number of H-pyrrole nitrogens is 1. The van der Waals surface area contributed by atoms with Gasteiger partial charge in [0.05, 0.1) is 17.4 Å². The second-order valence-electron chi connectivity index (χ2n) is 4.62. The average Bonchev–Trinajstić information content (AvgIpc) is 2.93. The number of aryl methyl sites for hydroxylation is 1. The van der Waals surface area contributed by atoms with Crippen LogP contribution >= 0.6 is 0 Å². The van der Waals surface area contributed by atoms with Crippen LogP contribution in [0.25, 0.3) is 11.0 Å². The molecular formula is C15H14N4O. The van der Waals surface area contributed by atoms with Crippen molar-refractivity contribution in [3.05, 3.63) is 59.7 Å². The summed E-state index contributed by atoms with van der Waals surface area (Å²) in [7, 11) is 0. The summed E-state index contributed by atoms with van der Waals surface area (Å²) in [5.41, 5.74) is 4.26. The van der Waals surface area contributed by atoms with E-state index in [1.165, 1.54) is 0 Å². The minimum absolute atomic E-state index is 0.109. The highest BCUT2D eigenvalue weighted by molar-refractivity contribution is 5.97. The van der Waals surface area contributed by atoms with Crippen LogP contribution in [0.4, 0.5) is 0 Å². The van der Waals surface area contributed by atoms with Crippen molar-refractivity contribution in [2.45, 2.75) is 13.5 Å². The quantitative estimate of drug-likeness (QED) is 0.763. The zero-order valence-corrected chi connectivity index (χ0v) is 11.1. The Morgan fingerprint density at radius 1 is 1.25 bits per heavy atom. The summed E-state index contributed by atoms with van der Waals surface area (Å²) in [6.45, 7) is 2.40. The summed E-state index contributed by atoms with van der Waals surface area (Å²) in [5.74, 6) is -0.109. The number of imidazole rings is 1. The maximum atomic E-state index is 12.1. The molecule has 0 saturated carbocycles. The van der Waals surface area contributed by atoms with E-state index in [2.05, 4.69) is 20.3 Å². The first-order valence-corrected chi connectivity index (χ1v) is 6.35. The molecule has 20 heavy (non-hydrogen) atoms. The third-order valence-corrected chi connectivity index (χ3v) is 3.11. The van der Waals surface area contributed by atoms with Crippen LogP contribution in [0.5, 0.6) is 0 Å². The number of aromatic amines is 1.